The van der Waals surface area contributed by atoms with Crippen LogP contribution in [0.15, 0.2) is 34.2 Å². The van der Waals surface area contributed by atoms with Crippen LogP contribution >= 0.6 is 35.6 Å². The van der Waals surface area contributed by atoms with Crippen LogP contribution < -0.4 is 4.90 Å². The molecule has 4 nitrogen and oxygen atoms in total. The van der Waals surface area contributed by atoms with E-state index in [0.717, 1.165) is 26.9 Å². The third kappa shape index (κ3) is 4.70. The van der Waals surface area contributed by atoms with Crippen molar-refractivity contribution in [2.75, 3.05) is 17.2 Å². The normalized spacial score (nSPS) is 16.1. The van der Waals surface area contributed by atoms with Gasteiger partial charge in [0.05, 0.1) is 20.8 Å². The van der Waals surface area contributed by atoms with Crippen LogP contribution in [0.3, 0.4) is 0 Å². The van der Waals surface area contributed by atoms with Crippen LogP contribution in [-0.2, 0) is 10.1 Å². The SMILES string of the molecule is CCC(=S)/C=C1\Sc2ccc(Cl)cc2N1CCCS(=O)(=O)[O-]. The minimum atomic E-state index is -4.20. The Morgan fingerprint density at radius 3 is 2.86 bits per heavy atom. The molecule has 1 aromatic carbocycles. The maximum absolute atomic E-state index is 10.8. The zero-order valence-electron chi connectivity index (χ0n) is 11.9. The quantitative estimate of drug-likeness (QED) is 0.427. The molecule has 1 aliphatic rings. The fourth-order valence-corrected chi connectivity index (χ4v) is 4.02. The van der Waals surface area contributed by atoms with E-state index in [1.807, 2.05) is 36.1 Å². The van der Waals surface area contributed by atoms with Crippen LogP contribution in [0.5, 0.6) is 0 Å². The van der Waals surface area contributed by atoms with Gasteiger partial charge in [0.25, 0.3) is 0 Å². The molecule has 0 bridgehead atoms. The van der Waals surface area contributed by atoms with Crippen LogP contribution in [0.1, 0.15) is 19.8 Å². The van der Waals surface area contributed by atoms with Gasteiger partial charge < -0.3 is 9.45 Å². The maximum atomic E-state index is 10.8. The van der Waals surface area contributed by atoms with Crippen molar-refractivity contribution in [1.29, 1.82) is 0 Å². The van der Waals surface area contributed by atoms with Gasteiger partial charge in [-0.15, -0.1) is 0 Å². The summed E-state index contributed by atoms with van der Waals surface area (Å²) in [6.07, 6.45) is 2.94. The predicted molar refractivity (Wildman–Crippen MR) is 94.8 cm³/mol. The van der Waals surface area contributed by atoms with Gasteiger partial charge in [0.1, 0.15) is 0 Å². The van der Waals surface area contributed by atoms with Crippen LogP contribution in [-0.4, -0.2) is 30.1 Å². The summed E-state index contributed by atoms with van der Waals surface area (Å²) in [5.74, 6) is -0.379. The number of nitrogens with zero attached hydrogens (tertiary/aromatic N) is 1. The molecule has 0 amide bonds. The molecule has 0 N–H and O–H groups in total. The number of rotatable bonds is 6. The average molecular weight is 377 g/mol. The van der Waals surface area contributed by atoms with Gasteiger partial charge in [0, 0.05) is 27.1 Å². The minimum Gasteiger partial charge on any atom is -0.748 e. The molecule has 0 saturated carbocycles. The van der Waals surface area contributed by atoms with Gasteiger partial charge >= 0.3 is 0 Å². The first-order valence-corrected chi connectivity index (χ1v) is 9.91. The average Bonchev–Trinajstić information content (AvgIpc) is 2.75. The molecule has 8 heteroatoms. The summed E-state index contributed by atoms with van der Waals surface area (Å²) >= 11 is 12.9. The number of fused-ring (bicyclic) bond motifs is 1. The molecule has 22 heavy (non-hydrogen) atoms. The number of anilines is 1. The first-order valence-electron chi connectivity index (χ1n) is 6.73. The first kappa shape index (κ1) is 17.7. The van der Waals surface area contributed by atoms with E-state index in [1.54, 1.807) is 11.8 Å². The molecule has 0 unspecified atom stereocenters. The lowest BCUT2D eigenvalue weighted by Gasteiger charge is -2.21. The van der Waals surface area contributed by atoms with Crippen molar-refractivity contribution in [3.05, 3.63) is 34.3 Å². The summed E-state index contributed by atoms with van der Waals surface area (Å²) in [6, 6.07) is 5.58. The highest BCUT2D eigenvalue weighted by Gasteiger charge is 2.25. The van der Waals surface area contributed by atoms with Crippen molar-refractivity contribution in [3.63, 3.8) is 0 Å². The van der Waals surface area contributed by atoms with Crippen molar-refractivity contribution in [2.45, 2.75) is 24.7 Å². The Hall–Kier alpha value is -0.600. The molecule has 0 saturated heterocycles. The van der Waals surface area contributed by atoms with E-state index in [-0.39, 0.29) is 12.2 Å². The number of hydrogen-bond acceptors (Lipinski definition) is 6. The van der Waals surface area contributed by atoms with Gasteiger partial charge in [0.15, 0.2) is 0 Å². The number of allylic oxidation sites excluding steroid dienone is 1. The molecule has 1 heterocycles. The lowest BCUT2D eigenvalue weighted by molar-refractivity contribution is 0.461. The lowest BCUT2D eigenvalue weighted by atomic mass is 10.2. The molecule has 0 aromatic heterocycles. The molecule has 0 aliphatic carbocycles. The van der Waals surface area contributed by atoms with Gasteiger partial charge in [-0.1, -0.05) is 42.5 Å². The summed E-state index contributed by atoms with van der Waals surface area (Å²) in [4.78, 5) is 3.83. The summed E-state index contributed by atoms with van der Waals surface area (Å²) in [5, 5.41) is 1.55. The lowest BCUT2D eigenvalue weighted by Crippen LogP contribution is -2.22. The Balaban J connectivity index is 2.25. The van der Waals surface area contributed by atoms with Crippen molar-refractivity contribution in [2.24, 2.45) is 0 Å². The first-order chi connectivity index (χ1) is 10.3. The fourth-order valence-electron chi connectivity index (χ4n) is 2.05. The van der Waals surface area contributed by atoms with E-state index >= 15 is 0 Å². The van der Waals surface area contributed by atoms with Crippen LogP contribution in [0, 0.1) is 0 Å². The Bertz CT molecular complexity index is 716. The van der Waals surface area contributed by atoms with E-state index in [2.05, 4.69) is 0 Å². The van der Waals surface area contributed by atoms with Crippen LogP contribution in [0.4, 0.5) is 5.69 Å². The highest BCUT2D eigenvalue weighted by molar-refractivity contribution is 8.03. The number of benzene rings is 1. The zero-order chi connectivity index (χ0) is 16.3. The van der Waals surface area contributed by atoms with Gasteiger partial charge in [-0.05, 0) is 37.1 Å². The predicted octanol–water partition coefficient (Wildman–Crippen LogP) is 3.81. The summed E-state index contributed by atoms with van der Waals surface area (Å²) < 4.78 is 32.3. The summed E-state index contributed by atoms with van der Waals surface area (Å²) in [7, 11) is -4.20. The molecular formula is C14H15ClNO3S3-. The highest BCUT2D eigenvalue weighted by atomic mass is 35.5. The number of hydrogen-bond donors (Lipinski definition) is 0. The van der Waals surface area contributed by atoms with Crippen molar-refractivity contribution in [1.82, 2.24) is 0 Å². The molecule has 0 radical (unpaired) electrons. The van der Waals surface area contributed by atoms with E-state index in [0.29, 0.717) is 11.6 Å². The molecule has 120 valence electrons. The van der Waals surface area contributed by atoms with Gasteiger partial charge in [-0.3, -0.25) is 0 Å². The number of thiocarbonyl (C=S) groups is 1. The van der Waals surface area contributed by atoms with Crippen molar-refractivity contribution >= 4 is 56.3 Å². The van der Waals surface area contributed by atoms with Gasteiger partial charge in [-0.25, -0.2) is 8.42 Å². The highest BCUT2D eigenvalue weighted by Crippen LogP contribution is 2.47. The van der Waals surface area contributed by atoms with Crippen LogP contribution in [0.25, 0.3) is 0 Å². The topological polar surface area (TPSA) is 60.4 Å². The zero-order valence-corrected chi connectivity index (χ0v) is 15.1. The molecule has 2 rings (SSSR count). The van der Waals surface area contributed by atoms with Gasteiger partial charge in [0.2, 0.25) is 0 Å². The second-order valence-corrected chi connectivity index (χ2v) is 8.33. The molecule has 0 fully saturated rings. The number of thioether (sulfide) groups is 1. The molecule has 1 aromatic rings. The Kier molecular flexibility index (Phi) is 5.90. The van der Waals surface area contributed by atoms with E-state index in [9.17, 15) is 13.0 Å². The maximum Gasteiger partial charge on any atom is 0.0946 e. The van der Waals surface area contributed by atoms with Crippen molar-refractivity contribution in [3.8, 4) is 0 Å². The molecular weight excluding hydrogens is 362 g/mol. The third-order valence-corrected chi connectivity index (χ3v) is 5.64. The molecule has 0 atom stereocenters. The van der Waals surface area contributed by atoms with Crippen molar-refractivity contribution < 1.29 is 13.0 Å². The van der Waals surface area contributed by atoms with E-state index in [1.165, 1.54) is 0 Å². The minimum absolute atomic E-state index is 0.259. The second kappa shape index (κ2) is 7.31. The Morgan fingerprint density at radius 1 is 1.50 bits per heavy atom. The molecule has 1 aliphatic heterocycles. The largest absolute Gasteiger partial charge is 0.748 e. The Morgan fingerprint density at radius 2 is 2.23 bits per heavy atom. The monoisotopic (exact) mass is 376 g/mol. The van der Waals surface area contributed by atoms with Gasteiger partial charge in [-0.2, -0.15) is 0 Å². The van der Waals surface area contributed by atoms with E-state index < -0.39 is 10.1 Å². The molecule has 0 spiro atoms. The standard InChI is InChI=1S/C14H16ClNO3S3/c1-2-11(20)9-14-16(6-3-7-22(17,18)19)12-8-10(15)4-5-13(12)21-14/h4-5,8-9H,2-3,6-7H2,1H3,(H,17,18,19)/p-1/b14-9-. The smallest absolute Gasteiger partial charge is 0.0946 e. The van der Waals surface area contributed by atoms with E-state index in [4.69, 9.17) is 23.8 Å². The summed E-state index contributed by atoms with van der Waals surface area (Å²) in [6.45, 7) is 2.41. The van der Waals surface area contributed by atoms with Crippen LogP contribution in [0.2, 0.25) is 5.02 Å². The second-order valence-electron chi connectivity index (χ2n) is 4.78. The number of halogens is 1. The Labute approximate surface area is 145 Å². The fraction of sp³-hybridized carbons (Fsp3) is 0.357. The summed E-state index contributed by atoms with van der Waals surface area (Å²) in [5.41, 5.74) is 0.922. The third-order valence-electron chi connectivity index (χ3n) is 3.10.